The van der Waals surface area contributed by atoms with Crippen LogP contribution >= 0.6 is 0 Å². The van der Waals surface area contributed by atoms with E-state index >= 15 is 0 Å². The second-order valence-corrected chi connectivity index (χ2v) is 4.64. The summed E-state index contributed by atoms with van der Waals surface area (Å²) in [4.78, 5) is 34.9. The maximum absolute atomic E-state index is 11.8. The van der Waals surface area contributed by atoms with Crippen molar-refractivity contribution in [3.05, 3.63) is 70.6 Å². The summed E-state index contributed by atoms with van der Waals surface area (Å²) >= 11 is 0. The first-order chi connectivity index (χ1) is 10.7. The Kier molecular flexibility index (Phi) is 5.48. The number of carbonyl (C=O) groups is 2. The number of carbonyl (C=O) groups excluding carboxylic acids is 2. The third kappa shape index (κ3) is 4.59. The first-order valence-corrected chi connectivity index (χ1v) is 6.92. The van der Waals surface area contributed by atoms with E-state index in [1.165, 1.54) is 10.6 Å². The molecule has 0 aliphatic rings. The number of aromatic nitrogens is 1. The highest BCUT2D eigenvalue weighted by Gasteiger charge is 2.05. The van der Waals surface area contributed by atoms with E-state index in [-0.39, 0.29) is 23.9 Å². The largest absolute Gasteiger partial charge is 0.353 e. The Balaban J connectivity index is 1.71. The SMILES string of the molecule is O=C(Cn1ccccc1=O)NCCNC(=O)c1ccccc1. The second-order valence-electron chi connectivity index (χ2n) is 4.64. The summed E-state index contributed by atoms with van der Waals surface area (Å²) in [5.41, 5.74) is 0.347. The molecule has 1 heterocycles. The lowest BCUT2D eigenvalue weighted by molar-refractivity contribution is -0.121. The van der Waals surface area contributed by atoms with Gasteiger partial charge in [0.15, 0.2) is 0 Å². The summed E-state index contributed by atoms with van der Waals surface area (Å²) in [7, 11) is 0. The first kappa shape index (κ1) is 15.5. The molecular formula is C16H17N3O3. The lowest BCUT2D eigenvalue weighted by atomic mass is 10.2. The Bertz CT molecular complexity index is 695. The molecule has 0 radical (unpaired) electrons. The molecule has 0 unspecified atom stereocenters. The zero-order chi connectivity index (χ0) is 15.8. The summed E-state index contributed by atoms with van der Waals surface area (Å²) in [6, 6.07) is 13.6. The monoisotopic (exact) mass is 299 g/mol. The second kappa shape index (κ2) is 7.78. The molecule has 0 fully saturated rings. The minimum absolute atomic E-state index is 0.0354. The molecule has 0 saturated heterocycles. The fourth-order valence-corrected chi connectivity index (χ4v) is 1.87. The molecule has 2 N–H and O–H groups in total. The van der Waals surface area contributed by atoms with Crippen LogP contribution in [0.15, 0.2) is 59.5 Å². The highest BCUT2D eigenvalue weighted by atomic mass is 16.2. The number of nitrogens with one attached hydrogen (secondary N) is 2. The average Bonchev–Trinajstić information content (AvgIpc) is 2.54. The molecule has 6 heteroatoms. The van der Waals surface area contributed by atoms with Crippen LogP contribution in [-0.4, -0.2) is 29.5 Å². The number of pyridine rings is 1. The van der Waals surface area contributed by atoms with Crippen LogP contribution < -0.4 is 16.2 Å². The number of nitrogens with zero attached hydrogens (tertiary/aromatic N) is 1. The van der Waals surface area contributed by atoms with Gasteiger partial charge in [0.1, 0.15) is 6.54 Å². The maximum atomic E-state index is 11.8. The number of hydrogen-bond acceptors (Lipinski definition) is 3. The van der Waals surface area contributed by atoms with Crippen molar-refractivity contribution in [2.75, 3.05) is 13.1 Å². The van der Waals surface area contributed by atoms with Gasteiger partial charge in [-0.3, -0.25) is 14.4 Å². The predicted molar refractivity (Wildman–Crippen MR) is 82.5 cm³/mol. The summed E-state index contributed by atoms with van der Waals surface area (Å²) in [5, 5.41) is 5.36. The molecular weight excluding hydrogens is 282 g/mol. The highest BCUT2D eigenvalue weighted by Crippen LogP contribution is 1.96. The van der Waals surface area contributed by atoms with Crippen molar-refractivity contribution in [2.45, 2.75) is 6.54 Å². The molecule has 2 aromatic rings. The van der Waals surface area contributed by atoms with Crippen LogP contribution in [0.4, 0.5) is 0 Å². The quantitative estimate of drug-likeness (QED) is 0.757. The molecule has 0 aliphatic heterocycles. The summed E-state index contributed by atoms with van der Waals surface area (Å²) in [6.45, 7) is 0.592. The molecule has 0 atom stereocenters. The van der Waals surface area contributed by atoms with Gasteiger partial charge in [-0.05, 0) is 18.2 Å². The van der Waals surface area contributed by atoms with Crippen molar-refractivity contribution in [3.8, 4) is 0 Å². The van der Waals surface area contributed by atoms with Gasteiger partial charge in [-0.1, -0.05) is 24.3 Å². The van der Waals surface area contributed by atoms with Gasteiger partial charge < -0.3 is 15.2 Å². The number of rotatable bonds is 6. The van der Waals surface area contributed by atoms with Crippen LogP contribution in [0, 0.1) is 0 Å². The van der Waals surface area contributed by atoms with Crippen LogP contribution in [0.1, 0.15) is 10.4 Å². The number of amides is 2. The van der Waals surface area contributed by atoms with Crippen molar-refractivity contribution >= 4 is 11.8 Å². The molecule has 1 aromatic heterocycles. The third-order valence-electron chi connectivity index (χ3n) is 2.98. The van der Waals surface area contributed by atoms with Gasteiger partial charge in [-0.2, -0.15) is 0 Å². The topological polar surface area (TPSA) is 80.2 Å². The van der Waals surface area contributed by atoms with Gasteiger partial charge in [0.2, 0.25) is 5.91 Å². The predicted octanol–water partition coefficient (Wildman–Crippen LogP) is 0.394. The Hall–Kier alpha value is -2.89. The standard InChI is InChI=1S/C16H17N3O3/c20-14(12-19-11-5-4-8-15(19)21)17-9-10-18-16(22)13-6-2-1-3-7-13/h1-8,11H,9-10,12H2,(H,17,20)(H,18,22). The van der Waals surface area contributed by atoms with E-state index in [4.69, 9.17) is 0 Å². The molecule has 2 amide bonds. The highest BCUT2D eigenvalue weighted by molar-refractivity contribution is 5.94. The smallest absolute Gasteiger partial charge is 0.251 e. The van der Waals surface area contributed by atoms with Crippen LogP contribution in [0.3, 0.4) is 0 Å². The summed E-state index contributed by atoms with van der Waals surface area (Å²) in [6.07, 6.45) is 1.55. The van der Waals surface area contributed by atoms with Crippen LogP contribution in [-0.2, 0) is 11.3 Å². The average molecular weight is 299 g/mol. The molecule has 22 heavy (non-hydrogen) atoms. The zero-order valence-electron chi connectivity index (χ0n) is 12.0. The molecule has 1 aromatic carbocycles. The van der Waals surface area contributed by atoms with E-state index in [1.807, 2.05) is 6.07 Å². The summed E-state index contributed by atoms with van der Waals surface area (Å²) in [5.74, 6) is -0.462. The van der Waals surface area contributed by atoms with Crippen molar-refractivity contribution in [3.63, 3.8) is 0 Å². The fraction of sp³-hybridized carbons (Fsp3) is 0.188. The molecule has 6 nitrogen and oxygen atoms in total. The molecule has 0 bridgehead atoms. The normalized spacial score (nSPS) is 10.0. The maximum Gasteiger partial charge on any atom is 0.251 e. The van der Waals surface area contributed by atoms with Gasteiger partial charge in [-0.25, -0.2) is 0 Å². The number of benzene rings is 1. The van der Waals surface area contributed by atoms with Gasteiger partial charge in [0.25, 0.3) is 11.5 Å². The Morgan fingerprint density at radius 2 is 1.59 bits per heavy atom. The van der Waals surface area contributed by atoms with Crippen LogP contribution in [0.5, 0.6) is 0 Å². The van der Waals surface area contributed by atoms with Crippen molar-refractivity contribution in [2.24, 2.45) is 0 Å². The van der Waals surface area contributed by atoms with Crippen LogP contribution in [0.25, 0.3) is 0 Å². The van der Waals surface area contributed by atoms with Crippen molar-refractivity contribution < 1.29 is 9.59 Å². The lowest BCUT2D eigenvalue weighted by Gasteiger charge is -2.08. The minimum atomic E-state index is -0.276. The van der Waals surface area contributed by atoms with E-state index < -0.39 is 0 Å². The Labute approximate surface area is 127 Å². The Morgan fingerprint density at radius 3 is 2.32 bits per heavy atom. The van der Waals surface area contributed by atoms with E-state index in [9.17, 15) is 14.4 Å². The van der Waals surface area contributed by atoms with E-state index in [2.05, 4.69) is 10.6 Å². The molecule has 0 spiro atoms. The zero-order valence-corrected chi connectivity index (χ0v) is 12.0. The summed E-state index contributed by atoms with van der Waals surface area (Å²) < 4.78 is 1.32. The fourth-order valence-electron chi connectivity index (χ4n) is 1.87. The van der Waals surface area contributed by atoms with Crippen molar-refractivity contribution in [1.29, 1.82) is 0 Å². The molecule has 0 saturated carbocycles. The van der Waals surface area contributed by atoms with Gasteiger partial charge in [0.05, 0.1) is 0 Å². The number of hydrogen-bond donors (Lipinski definition) is 2. The van der Waals surface area contributed by atoms with Crippen molar-refractivity contribution in [1.82, 2.24) is 15.2 Å². The Morgan fingerprint density at radius 1 is 0.909 bits per heavy atom. The van der Waals surface area contributed by atoms with Gasteiger partial charge in [-0.15, -0.1) is 0 Å². The van der Waals surface area contributed by atoms with E-state index in [0.717, 1.165) is 0 Å². The van der Waals surface area contributed by atoms with Crippen LogP contribution in [0.2, 0.25) is 0 Å². The van der Waals surface area contributed by atoms with E-state index in [0.29, 0.717) is 18.7 Å². The first-order valence-electron chi connectivity index (χ1n) is 6.92. The van der Waals surface area contributed by atoms with Gasteiger partial charge in [0, 0.05) is 30.9 Å². The third-order valence-corrected chi connectivity index (χ3v) is 2.98. The van der Waals surface area contributed by atoms with Gasteiger partial charge >= 0.3 is 0 Å². The molecule has 2 rings (SSSR count). The molecule has 114 valence electrons. The minimum Gasteiger partial charge on any atom is -0.353 e. The lowest BCUT2D eigenvalue weighted by Crippen LogP contribution is -2.37. The molecule has 0 aliphatic carbocycles. The van der Waals surface area contributed by atoms with E-state index in [1.54, 1.807) is 42.6 Å².